The minimum Gasteiger partial charge on any atom is -0.466 e. The molecule has 0 bridgehead atoms. The second-order valence-electron chi connectivity index (χ2n) is 23.1. The summed E-state index contributed by atoms with van der Waals surface area (Å²) in [5.74, 6) is -0.0738. The largest absolute Gasteiger partial charge is 0.466 e. The summed E-state index contributed by atoms with van der Waals surface area (Å²) in [5, 5.41) is 23.2. The van der Waals surface area contributed by atoms with E-state index in [0.29, 0.717) is 19.4 Å². The first-order valence-electron chi connectivity index (χ1n) is 33.9. The fraction of sp³-hybridized carbons (Fsp3) is 0.857. The molecule has 0 aromatic heterocycles. The number of aliphatic hydroxyl groups excluding tert-OH is 2. The molecule has 0 aromatic rings. The van der Waals surface area contributed by atoms with Gasteiger partial charge in [0.05, 0.1) is 25.4 Å². The predicted octanol–water partition coefficient (Wildman–Crippen LogP) is 21.7. The van der Waals surface area contributed by atoms with E-state index >= 15 is 0 Å². The summed E-state index contributed by atoms with van der Waals surface area (Å²) < 4.78 is 5.46. The van der Waals surface area contributed by atoms with E-state index in [0.717, 1.165) is 51.4 Å². The Morgan fingerprint density at radius 2 is 0.671 bits per heavy atom. The lowest BCUT2D eigenvalue weighted by atomic mass is 10.0. The van der Waals surface area contributed by atoms with Crippen molar-refractivity contribution in [3.05, 3.63) is 48.6 Å². The van der Waals surface area contributed by atoms with E-state index in [-0.39, 0.29) is 18.5 Å². The smallest absolute Gasteiger partial charge is 0.305 e. The van der Waals surface area contributed by atoms with Gasteiger partial charge in [0.25, 0.3) is 0 Å². The number of hydrogen-bond donors (Lipinski definition) is 3. The maximum atomic E-state index is 12.5. The summed E-state index contributed by atoms with van der Waals surface area (Å²) in [6, 6.07) is -0.635. The summed E-state index contributed by atoms with van der Waals surface area (Å²) in [6.45, 7) is 4.88. The monoisotopic (exact) mass is 1070 g/mol. The Morgan fingerprint density at radius 3 is 1.05 bits per heavy atom. The van der Waals surface area contributed by atoms with Crippen molar-refractivity contribution in [1.29, 1.82) is 0 Å². The Hall–Kier alpha value is -2.18. The number of rotatable bonds is 63. The SMILES string of the molecule is CCCC/C=C\CCCCCCCC(=O)OCCCCCCCCCCC/C=C\C/C=C\CCCCCCCCCCCC(=O)NC(CO)C(O)/C=C/CCCCCCCCCCCCCCCCCCCCCCC. The first-order valence-corrected chi connectivity index (χ1v) is 33.9. The van der Waals surface area contributed by atoms with Crippen LogP contribution in [0.4, 0.5) is 0 Å². The lowest BCUT2D eigenvalue weighted by Crippen LogP contribution is -2.45. The van der Waals surface area contributed by atoms with Crippen LogP contribution in [0, 0.1) is 0 Å². The van der Waals surface area contributed by atoms with Crippen LogP contribution in [0.3, 0.4) is 0 Å². The van der Waals surface area contributed by atoms with Crippen LogP contribution in [0.1, 0.15) is 361 Å². The van der Waals surface area contributed by atoms with Crippen molar-refractivity contribution in [2.75, 3.05) is 13.2 Å². The van der Waals surface area contributed by atoms with Crippen LogP contribution in [0.2, 0.25) is 0 Å². The van der Waals surface area contributed by atoms with Crippen molar-refractivity contribution >= 4 is 11.9 Å². The fourth-order valence-corrected chi connectivity index (χ4v) is 10.4. The molecule has 0 fully saturated rings. The van der Waals surface area contributed by atoms with E-state index in [1.165, 1.54) is 283 Å². The van der Waals surface area contributed by atoms with Gasteiger partial charge >= 0.3 is 5.97 Å². The Morgan fingerprint density at radius 1 is 0.368 bits per heavy atom. The maximum absolute atomic E-state index is 12.5. The molecule has 6 nitrogen and oxygen atoms in total. The molecule has 0 spiro atoms. The van der Waals surface area contributed by atoms with Crippen molar-refractivity contribution in [3.8, 4) is 0 Å². The Balaban J connectivity index is 3.47. The molecule has 76 heavy (non-hydrogen) atoms. The molecule has 0 aliphatic heterocycles. The van der Waals surface area contributed by atoms with E-state index in [1.54, 1.807) is 6.08 Å². The average Bonchev–Trinajstić information content (AvgIpc) is 3.42. The number of esters is 1. The van der Waals surface area contributed by atoms with Crippen LogP contribution in [-0.2, 0) is 14.3 Å². The van der Waals surface area contributed by atoms with Gasteiger partial charge in [0.15, 0.2) is 0 Å². The van der Waals surface area contributed by atoms with Crippen LogP contribution >= 0.6 is 0 Å². The third-order valence-corrected chi connectivity index (χ3v) is 15.6. The molecule has 0 saturated heterocycles. The Labute approximate surface area is 474 Å². The summed E-state index contributed by atoms with van der Waals surface area (Å²) in [7, 11) is 0. The Kier molecular flexibility index (Phi) is 63.5. The van der Waals surface area contributed by atoms with Gasteiger partial charge in [-0.05, 0) is 83.5 Å². The van der Waals surface area contributed by atoms with Crippen molar-refractivity contribution < 1.29 is 24.5 Å². The second kappa shape index (κ2) is 65.3. The molecule has 6 heteroatoms. The minimum atomic E-state index is -0.851. The van der Waals surface area contributed by atoms with E-state index in [4.69, 9.17) is 4.74 Å². The highest BCUT2D eigenvalue weighted by molar-refractivity contribution is 5.76. The van der Waals surface area contributed by atoms with Gasteiger partial charge in [0.1, 0.15) is 0 Å². The second-order valence-corrected chi connectivity index (χ2v) is 23.1. The van der Waals surface area contributed by atoms with Gasteiger partial charge in [0, 0.05) is 12.8 Å². The summed E-state index contributed by atoms with van der Waals surface area (Å²) >= 11 is 0. The van der Waals surface area contributed by atoms with Crippen molar-refractivity contribution in [1.82, 2.24) is 5.32 Å². The molecular weight excluding hydrogens is 935 g/mol. The molecule has 2 atom stereocenters. The molecule has 0 radical (unpaired) electrons. The summed E-state index contributed by atoms with van der Waals surface area (Å²) in [5.41, 5.74) is 0. The molecule has 1 amide bonds. The lowest BCUT2D eigenvalue weighted by molar-refractivity contribution is -0.143. The molecule has 0 heterocycles. The van der Waals surface area contributed by atoms with Crippen LogP contribution in [0.25, 0.3) is 0 Å². The fourth-order valence-electron chi connectivity index (χ4n) is 10.4. The van der Waals surface area contributed by atoms with Crippen LogP contribution in [0.5, 0.6) is 0 Å². The van der Waals surface area contributed by atoms with E-state index < -0.39 is 12.1 Å². The van der Waals surface area contributed by atoms with Crippen LogP contribution < -0.4 is 5.32 Å². The molecule has 2 unspecified atom stereocenters. The molecule has 3 N–H and O–H groups in total. The van der Waals surface area contributed by atoms with Crippen LogP contribution in [-0.4, -0.2) is 47.4 Å². The zero-order valence-corrected chi connectivity index (χ0v) is 51.0. The molecule has 0 aromatic carbocycles. The standard InChI is InChI=1S/C70H131NO5/c1-3-5-7-9-11-13-15-16-17-18-19-20-24-27-30-33-36-39-43-46-50-54-58-62-68(73)67(66-72)71-69(74)63-59-55-51-47-44-40-37-34-31-28-25-22-21-23-26-29-32-35-38-41-45-49-53-57-61-65-76-70(75)64-60-56-52-48-42-14-12-10-8-6-4-2/h10,12,22-23,25-26,58,62,67-68,72-73H,3-9,11,13-21,24,27-57,59-61,63-66H2,1-2H3,(H,71,74)/b12-10-,25-22-,26-23-,62-58+. The van der Waals surface area contributed by atoms with Gasteiger partial charge in [-0.25, -0.2) is 0 Å². The van der Waals surface area contributed by atoms with Gasteiger partial charge in [-0.2, -0.15) is 0 Å². The maximum Gasteiger partial charge on any atom is 0.305 e. The predicted molar refractivity (Wildman–Crippen MR) is 333 cm³/mol. The van der Waals surface area contributed by atoms with Crippen molar-refractivity contribution in [3.63, 3.8) is 0 Å². The van der Waals surface area contributed by atoms with Gasteiger partial charge in [0.2, 0.25) is 5.91 Å². The third kappa shape index (κ3) is 61.0. The molecule has 0 aliphatic carbocycles. The molecule has 0 saturated carbocycles. The van der Waals surface area contributed by atoms with Gasteiger partial charge in [-0.15, -0.1) is 0 Å². The quantitative estimate of drug-likeness (QED) is 0.0320. The zero-order chi connectivity index (χ0) is 55.0. The summed E-state index contributed by atoms with van der Waals surface area (Å²) in [6.07, 6.45) is 84.6. The highest BCUT2D eigenvalue weighted by Gasteiger charge is 2.18. The number of amides is 1. The van der Waals surface area contributed by atoms with Crippen molar-refractivity contribution in [2.24, 2.45) is 0 Å². The van der Waals surface area contributed by atoms with E-state index in [9.17, 15) is 19.8 Å². The molecule has 446 valence electrons. The number of carbonyl (C=O) groups is 2. The number of ether oxygens (including phenoxy) is 1. The van der Waals surface area contributed by atoms with Crippen LogP contribution in [0.15, 0.2) is 48.6 Å². The van der Waals surface area contributed by atoms with E-state index in [1.807, 2.05) is 6.08 Å². The highest BCUT2D eigenvalue weighted by atomic mass is 16.5. The topological polar surface area (TPSA) is 95.9 Å². The minimum absolute atomic E-state index is 0.00259. The number of allylic oxidation sites excluding steroid dienone is 7. The normalized spacial score (nSPS) is 12.8. The molecule has 0 rings (SSSR count). The van der Waals surface area contributed by atoms with Crippen molar-refractivity contribution in [2.45, 2.75) is 373 Å². The number of aliphatic hydroxyl groups is 2. The number of hydrogen-bond acceptors (Lipinski definition) is 5. The molecular formula is C70H131NO5. The first kappa shape index (κ1) is 73.8. The molecule has 0 aliphatic rings. The third-order valence-electron chi connectivity index (χ3n) is 15.6. The first-order chi connectivity index (χ1) is 37.5. The summed E-state index contributed by atoms with van der Waals surface area (Å²) in [4.78, 5) is 24.5. The number of carbonyl (C=O) groups excluding carboxylic acids is 2. The average molecular weight is 1070 g/mol. The van der Waals surface area contributed by atoms with E-state index in [2.05, 4.69) is 55.6 Å². The number of unbranched alkanes of at least 4 members (excludes halogenated alkanes) is 46. The van der Waals surface area contributed by atoms with Gasteiger partial charge < -0.3 is 20.3 Å². The van der Waals surface area contributed by atoms with Gasteiger partial charge in [-0.3, -0.25) is 9.59 Å². The number of nitrogens with one attached hydrogen (secondary N) is 1. The Bertz CT molecular complexity index is 1270. The van der Waals surface area contributed by atoms with Gasteiger partial charge in [-0.1, -0.05) is 313 Å². The lowest BCUT2D eigenvalue weighted by Gasteiger charge is -2.20. The highest BCUT2D eigenvalue weighted by Crippen LogP contribution is 2.18. The zero-order valence-electron chi connectivity index (χ0n) is 51.0.